The Morgan fingerprint density at radius 1 is 1.24 bits per heavy atom. The molecule has 3 aromatic rings. The summed E-state index contributed by atoms with van der Waals surface area (Å²) in [6, 6.07) is 9.74. The molecule has 0 fully saturated rings. The van der Waals surface area contributed by atoms with Crippen LogP contribution in [0.5, 0.6) is 0 Å². The number of halogens is 2. The van der Waals surface area contributed by atoms with Gasteiger partial charge in [0.25, 0.3) is 0 Å². The molecule has 0 N–H and O–H groups in total. The van der Waals surface area contributed by atoms with E-state index in [9.17, 15) is 14.0 Å². The van der Waals surface area contributed by atoms with E-state index in [2.05, 4.69) is 4.98 Å². The predicted molar refractivity (Wildman–Crippen MR) is 111 cm³/mol. The van der Waals surface area contributed by atoms with Gasteiger partial charge in [-0.2, -0.15) is 0 Å². The molecule has 0 aliphatic rings. The molecule has 0 radical (unpaired) electrons. The first-order valence-corrected chi connectivity index (χ1v) is 9.97. The summed E-state index contributed by atoms with van der Waals surface area (Å²) in [7, 11) is 0. The first-order chi connectivity index (χ1) is 13.8. The van der Waals surface area contributed by atoms with E-state index in [0.29, 0.717) is 10.8 Å². The lowest BCUT2D eigenvalue weighted by molar-refractivity contribution is -0.115. The van der Waals surface area contributed by atoms with Gasteiger partial charge in [0.15, 0.2) is 5.13 Å². The highest BCUT2D eigenvalue weighted by atomic mass is 35.5. The molecule has 0 bridgehead atoms. The van der Waals surface area contributed by atoms with Crippen molar-refractivity contribution in [3.05, 3.63) is 75.0 Å². The highest BCUT2D eigenvalue weighted by molar-refractivity contribution is 7.14. The normalized spacial score (nSPS) is 10.7. The summed E-state index contributed by atoms with van der Waals surface area (Å²) >= 11 is 7.13. The molecule has 0 unspecified atom stereocenters. The van der Waals surface area contributed by atoms with Crippen molar-refractivity contribution in [3.63, 3.8) is 0 Å². The van der Waals surface area contributed by atoms with Crippen LogP contribution in [0.25, 0.3) is 0 Å². The Morgan fingerprint density at radius 3 is 2.66 bits per heavy atom. The van der Waals surface area contributed by atoms with Crippen LogP contribution >= 0.6 is 22.9 Å². The van der Waals surface area contributed by atoms with E-state index in [1.54, 1.807) is 5.38 Å². The van der Waals surface area contributed by atoms with Crippen molar-refractivity contribution in [2.45, 2.75) is 27.4 Å². The number of carbonyl (C=O) groups is 2. The van der Waals surface area contributed by atoms with Crippen molar-refractivity contribution in [1.82, 2.24) is 4.98 Å². The van der Waals surface area contributed by atoms with Gasteiger partial charge < -0.3 is 4.74 Å². The lowest BCUT2D eigenvalue weighted by Crippen LogP contribution is -2.23. The van der Waals surface area contributed by atoms with E-state index >= 15 is 0 Å². The van der Waals surface area contributed by atoms with Crippen LogP contribution in [0.2, 0.25) is 5.02 Å². The Labute approximate surface area is 176 Å². The SMILES string of the molecule is CC(=O)N(c1nc(COC(=O)c2c(F)cccc2Cl)cs1)c1ccc(C)cc1C. The first-order valence-electron chi connectivity index (χ1n) is 8.71. The number of nitrogens with zero attached hydrogens (tertiary/aromatic N) is 2. The number of thiazole rings is 1. The molecule has 0 spiro atoms. The van der Waals surface area contributed by atoms with Crippen LogP contribution < -0.4 is 4.90 Å². The molecule has 0 saturated heterocycles. The Bertz CT molecular complexity index is 1060. The molecular formula is C21H18ClFN2O3S. The molecule has 2 aromatic carbocycles. The third-order valence-electron chi connectivity index (χ3n) is 4.16. The van der Waals surface area contributed by atoms with Crippen LogP contribution in [-0.4, -0.2) is 16.9 Å². The summed E-state index contributed by atoms with van der Waals surface area (Å²) in [5.74, 6) is -1.81. The lowest BCUT2D eigenvalue weighted by atomic mass is 10.1. The molecule has 1 aromatic heterocycles. The number of rotatable bonds is 5. The zero-order chi connectivity index (χ0) is 21.1. The molecule has 150 valence electrons. The van der Waals surface area contributed by atoms with Gasteiger partial charge in [-0.1, -0.05) is 35.4 Å². The number of carbonyl (C=O) groups excluding carboxylic acids is 2. The van der Waals surface area contributed by atoms with Gasteiger partial charge in [-0.05, 0) is 37.6 Å². The van der Waals surface area contributed by atoms with E-state index < -0.39 is 11.8 Å². The van der Waals surface area contributed by atoms with E-state index in [1.807, 2.05) is 32.0 Å². The minimum atomic E-state index is -0.875. The Balaban J connectivity index is 1.79. The molecule has 8 heteroatoms. The molecule has 5 nitrogen and oxygen atoms in total. The molecule has 1 heterocycles. The molecule has 0 aliphatic carbocycles. The Hall–Kier alpha value is -2.77. The molecular weight excluding hydrogens is 415 g/mol. The number of ether oxygens (including phenoxy) is 1. The minimum absolute atomic E-state index is 0.0217. The maximum atomic E-state index is 13.8. The monoisotopic (exact) mass is 432 g/mol. The summed E-state index contributed by atoms with van der Waals surface area (Å²) in [5.41, 5.74) is 2.90. The number of aromatic nitrogens is 1. The second-order valence-electron chi connectivity index (χ2n) is 6.44. The van der Waals surface area contributed by atoms with Gasteiger partial charge in [0, 0.05) is 12.3 Å². The fraction of sp³-hybridized carbons (Fsp3) is 0.190. The van der Waals surface area contributed by atoms with Crippen molar-refractivity contribution < 1.29 is 18.7 Å². The summed E-state index contributed by atoms with van der Waals surface area (Å²) in [5, 5.41) is 2.12. The van der Waals surface area contributed by atoms with E-state index in [1.165, 1.54) is 35.3 Å². The van der Waals surface area contributed by atoms with Gasteiger partial charge in [0.05, 0.1) is 16.4 Å². The third-order valence-corrected chi connectivity index (χ3v) is 5.35. The minimum Gasteiger partial charge on any atom is -0.455 e. The predicted octanol–water partition coefficient (Wildman–Crippen LogP) is 5.59. The number of hydrogen-bond donors (Lipinski definition) is 0. The molecule has 0 aliphatic heterocycles. The van der Waals surface area contributed by atoms with Gasteiger partial charge in [-0.3, -0.25) is 9.69 Å². The van der Waals surface area contributed by atoms with Gasteiger partial charge in [0.1, 0.15) is 18.0 Å². The fourth-order valence-electron chi connectivity index (χ4n) is 2.83. The second-order valence-corrected chi connectivity index (χ2v) is 7.68. The Morgan fingerprint density at radius 2 is 2.00 bits per heavy atom. The number of anilines is 2. The molecule has 3 rings (SSSR count). The summed E-state index contributed by atoms with van der Waals surface area (Å²) in [6.07, 6.45) is 0. The van der Waals surface area contributed by atoms with Crippen molar-refractivity contribution in [1.29, 1.82) is 0 Å². The van der Waals surface area contributed by atoms with Crippen LogP contribution in [0.4, 0.5) is 15.2 Å². The molecule has 1 amide bonds. The fourth-order valence-corrected chi connectivity index (χ4v) is 3.94. The Kier molecular flexibility index (Phi) is 6.30. The average Bonchev–Trinajstić information content (AvgIpc) is 3.10. The zero-order valence-electron chi connectivity index (χ0n) is 16.0. The largest absolute Gasteiger partial charge is 0.455 e. The average molecular weight is 433 g/mol. The van der Waals surface area contributed by atoms with Crippen LogP contribution in [0.3, 0.4) is 0 Å². The van der Waals surface area contributed by atoms with Gasteiger partial charge in [0.2, 0.25) is 5.91 Å². The number of esters is 1. The second kappa shape index (κ2) is 8.71. The summed E-state index contributed by atoms with van der Waals surface area (Å²) in [6.45, 7) is 5.19. The van der Waals surface area contributed by atoms with Crippen LogP contribution in [0.15, 0.2) is 41.8 Å². The van der Waals surface area contributed by atoms with E-state index in [0.717, 1.165) is 22.9 Å². The first kappa shape index (κ1) is 21.0. The molecule has 0 atom stereocenters. The van der Waals surface area contributed by atoms with Crippen molar-refractivity contribution in [2.24, 2.45) is 0 Å². The summed E-state index contributed by atoms with van der Waals surface area (Å²) in [4.78, 5) is 30.4. The third kappa shape index (κ3) is 4.63. The number of aryl methyl sites for hydroxylation is 2. The van der Waals surface area contributed by atoms with Crippen LogP contribution in [0, 0.1) is 19.7 Å². The van der Waals surface area contributed by atoms with E-state index in [4.69, 9.17) is 16.3 Å². The van der Waals surface area contributed by atoms with Crippen molar-refractivity contribution in [2.75, 3.05) is 4.90 Å². The number of hydrogen-bond acceptors (Lipinski definition) is 5. The van der Waals surface area contributed by atoms with Crippen molar-refractivity contribution >= 4 is 45.6 Å². The molecule has 0 saturated carbocycles. The van der Waals surface area contributed by atoms with Gasteiger partial charge in [-0.25, -0.2) is 14.2 Å². The zero-order valence-corrected chi connectivity index (χ0v) is 17.6. The van der Waals surface area contributed by atoms with Gasteiger partial charge in [-0.15, -0.1) is 11.3 Å². The maximum absolute atomic E-state index is 13.8. The number of amides is 1. The van der Waals surface area contributed by atoms with Crippen LogP contribution in [0.1, 0.15) is 34.1 Å². The van der Waals surface area contributed by atoms with E-state index in [-0.39, 0.29) is 23.1 Å². The summed E-state index contributed by atoms with van der Waals surface area (Å²) < 4.78 is 19.0. The number of benzene rings is 2. The molecule has 29 heavy (non-hydrogen) atoms. The highest BCUT2D eigenvalue weighted by Crippen LogP contribution is 2.32. The van der Waals surface area contributed by atoms with Crippen molar-refractivity contribution in [3.8, 4) is 0 Å². The smallest absolute Gasteiger partial charge is 0.343 e. The maximum Gasteiger partial charge on any atom is 0.343 e. The quantitative estimate of drug-likeness (QED) is 0.493. The highest BCUT2D eigenvalue weighted by Gasteiger charge is 2.21. The van der Waals surface area contributed by atoms with Crippen LogP contribution in [-0.2, 0) is 16.1 Å². The lowest BCUT2D eigenvalue weighted by Gasteiger charge is -2.20. The topological polar surface area (TPSA) is 59.5 Å². The van der Waals surface area contributed by atoms with Gasteiger partial charge >= 0.3 is 5.97 Å². The standard InChI is InChI=1S/C21H18ClFN2O3S/c1-12-7-8-18(13(2)9-12)25(14(3)26)21-24-15(11-29-21)10-28-20(27)19-16(22)5-4-6-17(19)23/h4-9,11H,10H2,1-3H3.